The van der Waals surface area contributed by atoms with E-state index in [4.69, 9.17) is 10.5 Å². The third-order valence-electron chi connectivity index (χ3n) is 4.61. The molecule has 0 spiro atoms. The molecule has 0 bridgehead atoms. The number of likely N-dealkylation sites (N-methyl/N-ethyl adjacent to an activating group) is 1. The third kappa shape index (κ3) is 9.28. The number of rotatable bonds is 12. The van der Waals surface area contributed by atoms with Gasteiger partial charge in [0.2, 0.25) is 0 Å². The predicted octanol–water partition coefficient (Wildman–Crippen LogP) is 3.59. The zero-order valence-electron chi connectivity index (χ0n) is 14.1. The molecule has 0 atom stereocenters. The summed E-state index contributed by atoms with van der Waals surface area (Å²) in [5, 5.41) is 0. The molecule has 3 nitrogen and oxygen atoms in total. The second-order valence-corrected chi connectivity index (χ2v) is 6.57. The Hall–Kier alpha value is -0.380. The summed E-state index contributed by atoms with van der Waals surface area (Å²) in [6, 6.07) is 0. The Morgan fingerprint density at radius 2 is 1.76 bits per heavy atom. The average Bonchev–Trinajstić information content (AvgIpc) is 2.51. The van der Waals surface area contributed by atoms with Gasteiger partial charge in [0.15, 0.2) is 0 Å². The van der Waals surface area contributed by atoms with E-state index in [-0.39, 0.29) is 0 Å². The van der Waals surface area contributed by atoms with Gasteiger partial charge in [0, 0.05) is 13.2 Å². The van der Waals surface area contributed by atoms with Crippen LogP contribution >= 0.6 is 0 Å². The van der Waals surface area contributed by atoms with Crippen LogP contribution < -0.4 is 5.73 Å². The molecule has 0 amide bonds. The molecule has 21 heavy (non-hydrogen) atoms. The van der Waals surface area contributed by atoms with Crippen LogP contribution in [0.3, 0.4) is 0 Å². The molecule has 1 rings (SSSR count). The van der Waals surface area contributed by atoms with E-state index < -0.39 is 0 Å². The molecule has 0 radical (unpaired) electrons. The van der Waals surface area contributed by atoms with E-state index in [9.17, 15) is 0 Å². The maximum atomic E-state index is 5.99. The lowest BCUT2D eigenvalue weighted by Crippen LogP contribution is -2.26. The standard InChI is InChI=1S/C18H36N2O/c1-3-13-20(2)14-7-5-4-6-8-15-21-18-11-9-17(16-19)10-12-18/h3,17-18H,1,4-16,19H2,2H3. The van der Waals surface area contributed by atoms with Crippen molar-refractivity contribution in [2.75, 3.05) is 33.3 Å². The molecule has 1 aliphatic carbocycles. The van der Waals surface area contributed by atoms with Crippen LogP contribution in [0.25, 0.3) is 0 Å². The Kier molecular flexibility index (Phi) is 10.8. The predicted molar refractivity (Wildman–Crippen MR) is 91.5 cm³/mol. The highest BCUT2D eigenvalue weighted by Gasteiger charge is 2.20. The summed E-state index contributed by atoms with van der Waals surface area (Å²) in [6.45, 7) is 7.76. The Balaban J connectivity index is 1.84. The number of nitrogens with two attached hydrogens (primary N) is 1. The monoisotopic (exact) mass is 296 g/mol. The van der Waals surface area contributed by atoms with E-state index in [1.807, 2.05) is 6.08 Å². The van der Waals surface area contributed by atoms with Crippen LogP contribution in [0.1, 0.15) is 57.8 Å². The molecule has 0 aromatic carbocycles. The molecule has 0 heterocycles. The molecule has 3 heteroatoms. The van der Waals surface area contributed by atoms with E-state index in [0.29, 0.717) is 6.10 Å². The number of hydrogen-bond donors (Lipinski definition) is 1. The smallest absolute Gasteiger partial charge is 0.0575 e. The Labute approximate surface area is 131 Å². The highest BCUT2D eigenvalue weighted by atomic mass is 16.5. The Bertz CT molecular complexity index is 250. The summed E-state index contributed by atoms with van der Waals surface area (Å²) in [7, 11) is 2.16. The van der Waals surface area contributed by atoms with Crippen LogP contribution in [-0.2, 0) is 4.74 Å². The normalized spacial score (nSPS) is 22.6. The summed E-state index contributed by atoms with van der Waals surface area (Å²) in [4.78, 5) is 2.33. The molecular weight excluding hydrogens is 260 g/mol. The van der Waals surface area contributed by atoms with Gasteiger partial charge in [-0.25, -0.2) is 0 Å². The first-order valence-electron chi connectivity index (χ1n) is 8.87. The van der Waals surface area contributed by atoms with Crippen LogP contribution in [0, 0.1) is 5.92 Å². The first-order valence-corrected chi connectivity index (χ1v) is 8.87. The zero-order chi connectivity index (χ0) is 15.3. The van der Waals surface area contributed by atoms with Gasteiger partial charge in [-0.2, -0.15) is 0 Å². The molecule has 0 saturated heterocycles. The fourth-order valence-corrected chi connectivity index (χ4v) is 3.11. The molecule has 1 fully saturated rings. The molecule has 2 N–H and O–H groups in total. The van der Waals surface area contributed by atoms with E-state index in [2.05, 4.69) is 18.5 Å². The van der Waals surface area contributed by atoms with Gasteiger partial charge in [0.05, 0.1) is 6.10 Å². The van der Waals surface area contributed by atoms with Crippen molar-refractivity contribution in [1.29, 1.82) is 0 Å². The van der Waals surface area contributed by atoms with E-state index in [0.717, 1.165) is 25.6 Å². The highest BCUT2D eigenvalue weighted by molar-refractivity contribution is 4.73. The third-order valence-corrected chi connectivity index (χ3v) is 4.61. The van der Waals surface area contributed by atoms with E-state index in [1.54, 1.807) is 0 Å². The lowest BCUT2D eigenvalue weighted by Gasteiger charge is -2.27. The van der Waals surface area contributed by atoms with Gasteiger partial charge in [0.1, 0.15) is 0 Å². The maximum Gasteiger partial charge on any atom is 0.0575 e. The molecule has 0 aromatic rings. The minimum atomic E-state index is 0.514. The minimum absolute atomic E-state index is 0.514. The molecule has 1 aliphatic rings. The topological polar surface area (TPSA) is 38.5 Å². The fraction of sp³-hybridized carbons (Fsp3) is 0.889. The summed E-state index contributed by atoms with van der Waals surface area (Å²) < 4.78 is 5.99. The first-order chi connectivity index (χ1) is 10.3. The van der Waals surface area contributed by atoms with Gasteiger partial charge in [-0.05, 0) is 64.6 Å². The number of hydrogen-bond acceptors (Lipinski definition) is 3. The van der Waals surface area contributed by atoms with Gasteiger partial charge in [-0.3, -0.25) is 0 Å². The van der Waals surface area contributed by atoms with Crippen LogP contribution in [0.4, 0.5) is 0 Å². The maximum absolute atomic E-state index is 5.99. The molecule has 124 valence electrons. The van der Waals surface area contributed by atoms with Crippen molar-refractivity contribution in [3.8, 4) is 0 Å². The zero-order valence-corrected chi connectivity index (χ0v) is 14.1. The molecular formula is C18H36N2O. The molecule has 1 saturated carbocycles. The first kappa shape index (κ1) is 18.7. The lowest BCUT2D eigenvalue weighted by molar-refractivity contribution is 0.0170. The quantitative estimate of drug-likeness (QED) is 0.442. The second kappa shape index (κ2) is 12.2. The van der Waals surface area contributed by atoms with Crippen LogP contribution in [0.2, 0.25) is 0 Å². The highest BCUT2D eigenvalue weighted by Crippen LogP contribution is 2.25. The largest absolute Gasteiger partial charge is 0.378 e. The number of unbranched alkanes of at least 4 members (excludes halogenated alkanes) is 4. The number of nitrogens with zero attached hydrogens (tertiary/aromatic N) is 1. The van der Waals surface area contributed by atoms with Crippen molar-refractivity contribution < 1.29 is 4.74 Å². The second-order valence-electron chi connectivity index (χ2n) is 6.57. The van der Waals surface area contributed by atoms with Crippen molar-refractivity contribution in [2.24, 2.45) is 11.7 Å². The fourth-order valence-electron chi connectivity index (χ4n) is 3.11. The summed E-state index contributed by atoms with van der Waals surface area (Å²) in [5.74, 6) is 0.754. The Morgan fingerprint density at radius 3 is 2.43 bits per heavy atom. The van der Waals surface area contributed by atoms with Gasteiger partial charge in [0.25, 0.3) is 0 Å². The molecule has 0 aliphatic heterocycles. The van der Waals surface area contributed by atoms with Gasteiger partial charge >= 0.3 is 0 Å². The molecule has 0 unspecified atom stereocenters. The summed E-state index contributed by atoms with van der Waals surface area (Å²) in [5.41, 5.74) is 5.72. The van der Waals surface area contributed by atoms with Crippen LogP contribution in [0.15, 0.2) is 12.7 Å². The Morgan fingerprint density at radius 1 is 1.10 bits per heavy atom. The van der Waals surface area contributed by atoms with Crippen molar-refractivity contribution >= 4 is 0 Å². The van der Waals surface area contributed by atoms with Crippen molar-refractivity contribution in [2.45, 2.75) is 63.9 Å². The lowest BCUT2D eigenvalue weighted by atomic mass is 9.87. The summed E-state index contributed by atoms with van der Waals surface area (Å²) in [6.07, 6.45) is 14.0. The molecule has 0 aromatic heterocycles. The van der Waals surface area contributed by atoms with Gasteiger partial charge < -0.3 is 15.4 Å². The van der Waals surface area contributed by atoms with Crippen LogP contribution in [-0.4, -0.2) is 44.3 Å². The van der Waals surface area contributed by atoms with E-state index >= 15 is 0 Å². The van der Waals surface area contributed by atoms with Gasteiger partial charge in [-0.1, -0.05) is 25.3 Å². The van der Waals surface area contributed by atoms with Crippen molar-refractivity contribution in [3.05, 3.63) is 12.7 Å². The van der Waals surface area contributed by atoms with Gasteiger partial charge in [-0.15, -0.1) is 6.58 Å². The average molecular weight is 296 g/mol. The van der Waals surface area contributed by atoms with Crippen molar-refractivity contribution in [1.82, 2.24) is 4.90 Å². The number of ether oxygens (including phenoxy) is 1. The minimum Gasteiger partial charge on any atom is -0.378 e. The van der Waals surface area contributed by atoms with E-state index in [1.165, 1.54) is 64.3 Å². The van der Waals surface area contributed by atoms with Crippen molar-refractivity contribution in [3.63, 3.8) is 0 Å². The van der Waals surface area contributed by atoms with Crippen LogP contribution in [0.5, 0.6) is 0 Å². The summed E-state index contributed by atoms with van der Waals surface area (Å²) >= 11 is 0. The SMILES string of the molecule is C=CCN(C)CCCCCCCOC1CCC(CN)CC1.